The molecule has 2 atom stereocenters. The van der Waals surface area contributed by atoms with E-state index in [0.717, 1.165) is 19.3 Å². The lowest BCUT2D eigenvalue weighted by Gasteiger charge is -2.30. The van der Waals surface area contributed by atoms with Crippen LogP contribution in [0.4, 0.5) is 4.79 Å². The lowest BCUT2D eigenvalue weighted by Crippen LogP contribution is -2.52. The number of aliphatic carboxylic acids is 1. The highest BCUT2D eigenvalue weighted by Crippen LogP contribution is 2.18. The molecule has 7 heteroatoms. The number of carbonyl (C=O) groups excluding carboxylic acids is 1. The number of hydrogen-bond donors (Lipinski definition) is 3. The number of methoxy groups -OCH3 is 1. The minimum absolute atomic E-state index is 0.206. The first-order valence-corrected chi connectivity index (χ1v) is 6.49. The number of carbonyl (C=O) groups is 2. The van der Waals surface area contributed by atoms with Crippen LogP contribution in [0, 0.1) is 0 Å². The van der Waals surface area contributed by atoms with E-state index in [0.29, 0.717) is 6.42 Å². The zero-order valence-electron chi connectivity index (χ0n) is 11.2. The van der Waals surface area contributed by atoms with Crippen molar-refractivity contribution >= 4 is 12.0 Å². The summed E-state index contributed by atoms with van der Waals surface area (Å²) in [5.41, 5.74) is 0. The molecule has 0 aromatic heterocycles. The number of aliphatic hydroxyl groups excluding tert-OH is 1. The Morgan fingerprint density at radius 2 is 2.05 bits per heavy atom. The highest BCUT2D eigenvalue weighted by molar-refractivity contribution is 5.80. The average molecular weight is 274 g/mol. The third-order valence-electron chi connectivity index (χ3n) is 3.22. The first-order chi connectivity index (χ1) is 9.04. The molecule has 2 amide bonds. The minimum atomic E-state index is -1.07. The number of carboxylic acid groups (broad SMARTS) is 1. The van der Waals surface area contributed by atoms with Gasteiger partial charge in [-0.1, -0.05) is 12.8 Å². The maximum atomic E-state index is 12.0. The average Bonchev–Trinajstić information content (AvgIpc) is 2.36. The number of rotatable bonds is 6. The zero-order valence-corrected chi connectivity index (χ0v) is 11.2. The van der Waals surface area contributed by atoms with Crippen LogP contribution in [0.15, 0.2) is 0 Å². The summed E-state index contributed by atoms with van der Waals surface area (Å²) < 4.78 is 4.85. The minimum Gasteiger partial charge on any atom is -0.480 e. The van der Waals surface area contributed by atoms with Crippen molar-refractivity contribution in [1.82, 2.24) is 10.2 Å². The van der Waals surface area contributed by atoms with Gasteiger partial charge in [-0.3, -0.25) is 4.79 Å². The van der Waals surface area contributed by atoms with Crippen LogP contribution in [-0.2, 0) is 9.53 Å². The number of carboxylic acids is 1. The Morgan fingerprint density at radius 1 is 1.37 bits per heavy atom. The summed E-state index contributed by atoms with van der Waals surface area (Å²) in [6.45, 7) is 0.101. The largest absolute Gasteiger partial charge is 0.480 e. The number of amides is 2. The van der Waals surface area contributed by atoms with Crippen LogP contribution in [-0.4, -0.2) is 66.1 Å². The molecule has 2 unspecified atom stereocenters. The number of aliphatic hydroxyl groups is 1. The molecular formula is C12H22N2O5. The molecule has 1 aliphatic carbocycles. The van der Waals surface area contributed by atoms with Crippen LogP contribution in [0.2, 0.25) is 0 Å². The Labute approximate surface area is 112 Å². The number of urea groups is 1. The molecule has 1 fully saturated rings. The molecule has 0 saturated heterocycles. The quantitative estimate of drug-likeness (QED) is 0.635. The van der Waals surface area contributed by atoms with Gasteiger partial charge in [0.1, 0.15) is 6.54 Å². The highest BCUT2D eigenvalue weighted by atomic mass is 16.5. The van der Waals surface area contributed by atoms with Crippen molar-refractivity contribution in [2.24, 2.45) is 0 Å². The second-order valence-electron chi connectivity index (χ2n) is 4.72. The maximum absolute atomic E-state index is 12.0. The molecule has 0 aromatic carbocycles. The number of ether oxygens (including phenoxy) is 1. The van der Waals surface area contributed by atoms with Crippen molar-refractivity contribution in [1.29, 1.82) is 0 Å². The van der Waals surface area contributed by atoms with Crippen molar-refractivity contribution in [2.75, 3.05) is 26.8 Å². The standard InChI is InChI=1S/C12H22N2O5/c1-19-7-6-14(8-11(16)17)12(18)13-9-4-2-3-5-10(9)15/h9-10,15H,2-8H2,1H3,(H,13,18)(H,16,17). The molecule has 0 aromatic rings. The summed E-state index contributed by atoms with van der Waals surface area (Å²) in [5, 5.41) is 21.3. The predicted molar refractivity (Wildman–Crippen MR) is 67.9 cm³/mol. The topological polar surface area (TPSA) is 99.1 Å². The van der Waals surface area contributed by atoms with Gasteiger partial charge >= 0.3 is 12.0 Å². The third kappa shape index (κ3) is 5.44. The lowest BCUT2D eigenvalue weighted by atomic mass is 9.93. The van der Waals surface area contributed by atoms with E-state index in [9.17, 15) is 14.7 Å². The molecule has 1 aliphatic rings. The Bertz CT molecular complexity index is 310. The van der Waals surface area contributed by atoms with Crippen molar-refractivity contribution in [2.45, 2.75) is 37.8 Å². The van der Waals surface area contributed by atoms with E-state index in [1.54, 1.807) is 0 Å². The van der Waals surface area contributed by atoms with E-state index in [1.807, 2.05) is 0 Å². The van der Waals surface area contributed by atoms with Gasteiger partial charge in [-0.25, -0.2) is 4.79 Å². The monoisotopic (exact) mass is 274 g/mol. The van der Waals surface area contributed by atoms with E-state index in [-0.39, 0.29) is 25.7 Å². The van der Waals surface area contributed by atoms with Gasteiger partial charge in [0, 0.05) is 13.7 Å². The first kappa shape index (κ1) is 15.7. The smallest absolute Gasteiger partial charge is 0.323 e. The van der Waals surface area contributed by atoms with Gasteiger partial charge in [0.05, 0.1) is 18.8 Å². The van der Waals surface area contributed by atoms with E-state index < -0.39 is 18.1 Å². The Balaban J connectivity index is 2.51. The molecule has 3 N–H and O–H groups in total. The molecular weight excluding hydrogens is 252 g/mol. The van der Waals surface area contributed by atoms with Crippen molar-refractivity contribution in [3.8, 4) is 0 Å². The Hall–Kier alpha value is -1.34. The van der Waals surface area contributed by atoms with E-state index in [2.05, 4.69) is 5.32 Å². The molecule has 1 rings (SSSR count). The van der Waals surface area contributed by atoms with Gasteiger partial charge in [-0.05, 0) is 12.8 Å². The van der Waals surface area contributed by atoms with Gasteiger partial charge in [0.25, 0.3) is 0 Å². The lowest BCUT2D eigenvalue weighted by molar-refractivity contribution is -0.137. The van der Waals surface area contributed by atoms with Gasteiger partial charge in [-0.15, -0.1) is 0 Å². The molecule has 0 heterocycles. The predicted octanol–water partition coefficient (Wildman–Crippen LogP) is 0.0325. The second-order valence-corrected chi connectivity index (χ2v) is 4.72. The summed E-state index contributed by atoms with van der Waals surface area (Å²) in [7, 11) is 1.49. The number of nitrogens with zero attached hydrogens (tertiary/aromatic N) is 1. The summed E-state index contributed by atoms with van der Waals surface area (Å²) in [4.78, 5) is 23.9. The van der Waals surface area contributed by atoms with Crippen molar-refractivity contribution in [3.05, 3.63) is 0 Å². The van der Waals surface area contributed by atoms with E-state index >= 15 is 0 Å². The molecule has 0 bridgehead atoms. The number of hydrogen-bond acceptors (Lipinski definition) is 4. The highest BCUT2D eigenvalue weighted by Gasteiger charge is 2.26. The summed E-state index contributed by atoms with van der Waals surface area (Å²) in [6, 6.07) is -0.759. The number of nitrogens with one attached hydrogen (secondary N) is 1. The first-order valence-electron chi connectivity index (χ1n) is 6.49. The Morgan fingerprint density at radius 3 is 2.63 bits per heavy atom. The second kappa shape index (κ2) is 7.96. The Kier molecular flexibility index (Phi) is 6.58. The van der Waals surface area contributed by atoms with Gasteiger partial charge in [-0.2, -0.15) is 0 Å². The van der Waals surface area contributed by atoms with Gasteiger partial charge < -0.3 is 25.2 Å². The third-order valence-corrected chi connectivity index (χ3v) is 3.22. The molecule has 7 nitrogen and oxygen atoms in total. The molecule has 1 saturated carbocycles. The molecule has 0 aliphatic heterocycles. The van der Waals surface area contributed by atoms with Gasteiger partial charge in [0.15, 0.2) is 0 Å². The van der Waals surface area contributed by atoms with Crippen LogP contribution in [0.25, 0.3) is 0 Å². The molecule has 0 spiro atoms. The van der Waals surface area contributed by atoms with Crippen LogP contribution >= 0.6 is 0 Å². The fraction of sp³-hybridized carbons (Fsp3) is 0.833. The molecule has 0 radical (unpaired) electrons. The van der Waals surface area contributed by atoms with Crippen LogP contribution in [0.1, 0.15) is 25.7 Å². The SMILES string of the molecule is COCCN(CC(=O)O)C(=O)NC1CCCCC1O. The van der Waals surface area contributed by atoms with E-state index in [1.165, 1.54) is 12.0 Å². The van der Waals surface area contributed by atoms with Crippen LogP contribution in [0.3, 0.4) is 0 Å². The summed E-state index contributed by atoms with van der Waals surface area (Å²) in [6.07, 6.45) is 2.75. The van der Waals surface area contributed by atoms with Gasteiger partial charge in [0.2, 0.25) is 0 Å². The zero-order chi connectivity index (χ0) is 14.3. The van der Waals surface area contributed by atoms with Crippen molar-refractivity contribution < 1.29 is 24.5 Å². The van der Waals surface area contributed by atoms with Crippen molar-refractivity contribution in [3.63, 3.8) is 0 Å². The normalized spacial score (nSPS) is 22.8. The molecule has 19 heavy (non-hydrogen) atoms. The fourth-order valence-corrected chi connectivity index (χ4v) is 2.15. The summed E-state index contributed by atoms with van der Waals surface area (Å²) >= 11 is 0. The molecule has 110 valence electrons. The summed E-state index contributed by atoms with van der Waals surface area (Å²) in [5.74, 6) is -1.07. The fourth-order valence-electron chi connectivity index (χ4n) is 2.15. The van der Waals surface area contributed by atoms with Crippen LogP contribution in [0.5, 0.6) is 0 Å². The van der Waals surface area contributed by atoms with E-state index in [4.69, 9.17) is 9.84 Å². The van der Waals surface area contributed by atoms with Crippen LogP contribution < -0.4 is 5.32 Å². The maximum Gasteiger partial charge on any atom is 0.323 e.